The van der Waals surface area contributed by atoms with E-state index in [1.807, 2.05) is 20.8 Å². The zero-order valence-electron chi connectivity index (χ0n) is 12.2. The van der Waals surface area contributed by atoms with Gasteiger partial charge in [0.05, 0.1) is 5.69 Å². The summed E-state index contributed by atoms with van der Waals surface area (Å²) in [6, 6.07) is 0. The Kier molecular flexibility index (Phi) is 4.58. The minimum absolute atomic E-state index is 0.0461. The van der Waals surface area contributed by atoms with Crippen LogP contribution in [-0.2, 0) is 11.3 Å². The summed E-state index contributed by atoms with van der Waals surface area (Å²) in [4.78, 5) is 14.3. The van der Waals surface area contributed by atoms with Crippen LogP contribution in [-0.4, -0.2) is 46.8 Å². The molecule has 0 atom stereocenters. The van der Waals surface area contributed by atoms with Crippen LogP contribution in [0.2, 0.25) is 0 Å². The lowest BCUT2D eigenvalue weighted by molar-refractivity contribution is -0.121. The topological polar surface area (TPSA) is 50.2 Å². The van der Waals surface area contributed by atoms with Gasteiger partial charge in [-0.1, -0.05) is 0 Å². The highest BCUT2D eigenvalue weighted by Gasteiger charge is 2.13. The van der Waals surface area contributed by atoms with Crippen LogP contribution in [0.25, 0.3) is 0 Å². The van der Waals surface area contributed by atoms with Gasteiger partial charge in [-0.2, -0.15) is 5.10 Å². The van der Waals surface area contributed by atoms with Crippen molar-refractivity contribution < 1.29 is 4.79 Å². The first-order chi connectivity index (χ1) is 9.08. The van der Waals surface area contributed by atoms with Gasteiger partial charge in [0.25, 0.3) is 0 Å². The Morgan fingerprint density at radius 3 is 2.53 bits per heavy atom. The number of rotatable bonds is 5. The molecule has 1 N–H and O–H groups in total. The lowest BCUT2D eigenvalue weighted by Crippen LogP contribution is -2.35. The van der Waals surface area contributed by atoms with Crippen molar-refractivity contribution in [3.63, 3.8) is 0 Å². The van der Waals surface area contributed by atoms with Crippen molar-refractivity contribution in [1.29, 1.82) is 0 Å². The number of carbonyl (C=O) groups excluding carboxylic acids is 1. The number of aromatic nitrogens is 2. The predicted octanol–water partition coefficient (Wildman–Crippen LogP) is 1.02. The lowest BCUT2D eigenvalue weighted by Gasteiger charge is -2.14. The fourth-order valence-corrected chi connectivity index (χ4v) is 2.49. The van der Waals surface area contributed by atoms with Crippen molar-refractivity contribution >= 4 is 5.91 Å². The molecule has 2 rings (SSSR count). The summed E-state index contributed by atoms with van der Waals surface area (Å²) in [6.45, 7) is 10.4. The van der Waals surface area contributed by atoms with E-state index in [0.29, 0.717) is 6.54 Å². The maximum atomic E-state index is 11.9. The Labute approximate surface area is 115 Å². The van der Waals surface area contributed by atoms with Crippen LogP contribution in [0.5, 0.6) is 0 Å². The molecule has 19 heavy (non-hydrogen) atoms. The van der Waals surface area contributed by atoms with Crippen molar-refractivity contribution in [2.75, 3.05) is 26.2 Å². The van der Waals surface area contributed by atoms with Crippen LogP contribution in [0.3, 0.4) is 0 Å². The number of nitrogens with zero attached hydrogens (tertiary/aromatic N) is 3. The molecule has 5 heteroatoms. The molecule has 1 aliphatic rings. The molecule has 0 aliphatic carbocycles. The summed E-state index contributed by atoms with van der Waals surface area (Å²) in [7, 11) is 0. The molecule has 1 aromatic heterocycles. The summed E-state index contributed by atoms with van der Waals surface area (Å²) in [5.74, 6) is 0.0461. The van der Waals surface area contributed by atoms with E-state index in [9.17, 15) is 4.79 Å². The minimum Gasteiger partial charge on any atom is -0.353 e. The van der Waals surface area contributed by atoms with Gasteiger partial charge in [-0.15, -0.1) is 0 Å². The number of likely N-dealkylation sites (tertiary alicyclic amines) is 1. The quantitative estimate of drug-likeness (QED) is 0.864. The highest BCUT2D eigenvalue weighted by atomic mass is 16.2. The highest BCUT2D eigenvalue weighted by molar-refractivity contribution is 5.75. The molecule has 1 saturated heterocycles. The predicted molar refractivity (Wildman–Crippen MR) is 75.1 cm³/mol. The molecule has 0 aromatic carbocycles. The van der Waals surface area contributed by atoms with Gasteiger partial charge in [0.15, 0.2) is 0 Å². The zero-order chi connectivity index (χ0) is 13.8. The average molecular weight is 264 g/mol. The van der Waals surface area contributed by atoms with Gasteiger partial charge >= 0.3 is 0 Å². The smallest absolute Gasteiger partial charge is 0.241 e. The Morgan fingerprint density at radius 2 is 1.95 bits per heavy atom. The second-order valence-electron chi connectivity index (χ2n) is 5.35. The fraction of sp³-hybridized carbons (Fsp3) is 0.714. The van der Waals surface area contributed by atoms with Crippen molar-refractivity contribution in [3.8, 4) is 0 Å². The Hall–Kier alpha value is -1.36. The third kappa shape index (κ3) is 3.56. The van der Waals surface area contributed by atoms with Gasteiger partial charge in [-0.3, -0.25) is 9.48 Å². The van der Waals surface area contributed by atoms with Crippen molar-refractivity contribution in [3.05, 3.63) is 17.0 Å². The van der Waals surface area contributed by atoms with Crippen molar-refractivity contribution in [1.82, 2.24) is 20.0 Å². The van der Waals surface area contributed by atoms with E-state index >= 15 is 0 Å². The van der Waals surface area contributed by atoms with Gasteiger partial charge in [0, 0.05) is 18.8 Å². The standard InChI is InChI=1S/C14H24N4O/c1-11-12(2)16-18(13(11)3)10-14(19)15-6-9-17-7-4-5-8-17/h4-10H2,1-3H3,(H,15,19). The SMILES string of the molecule is Cc1nn(CC(=O)NCCN2CCCC2)c(C)c1C. The number of amides is 1. The molecular weight excluding hydrogens is 240 g/mol. The number of hydrogen-bond acceptors (Lipinski definition) is 3. The molecule has 1 aliphatic heterocycles. The highest BCUT2D eigenvalue weighted by Crippen LogP contribution is 2.10. The molecule has 1 aromatic rings. The normalized spacial score (nSPS) is 15.9. The lowest BCUT2D eigenvalue weighted by atomic mass is 10.2. The molecule has 0 saturated carbocycles. The molecule has 0 radical (unpaired) electrons. The molecule has 1 fully saturated rings. The van der Waals surface area contributed by atoms with Gasteiger partial charge in [-0.05, 0) is 52.3 Å². The van der Waals surface area contributed by atoms with Crippen LogP contribution in [0, 0.1) is 20.8 Å². The Balaban J connectivity index is 1.75. The van der Waals surface area contributed by atoms with Crippen LogP contribution >= 0.6 is 0 Å². The van der Waals surface area contributed by atoms with E-state index in [-0.39, 0.29) is 5.91 Å². The first-order valence-corrected chi connectivity index (χ1v) is 7.07. The second-order valence-corrected chi connectivity index (χ2v) is 5.35. The number of aryl methyl sites for hydroxylation is 1. The Bertz CT molecular complexity index is 447. The molecule has 1 amide bonds. The summed E-state index contributed by atoms with van der Waals surface area (Å²) in [6.07, 6.45) is 2.58. The average Bonchev–Trinajstić information content (AvgIpc) is 2.96. The largest absolute Gasteiger partial charge is 0.353 e. The molecule has 5 nitrogen and oxygen atoms in total. The number of hydrogen-bond donors (Lipinski definition) is 1. The molecule has 0 bridgehead atoms. The first kappa shape index (κ1) is 14.1. The third-order valence-corrected chi connectivity index (χ3v) is 3.99. The van der Waals surface area contributed by atoms with E-state index in [0.717, 1.165) is 24.5 Å². The third-order valence-electron chi connectivity index (χ3n) is 3.99. The fourth-order valence-electron chi connectivity index (χ4n) is 2.49. The molecule has 0 spiro atoms. The van der Waals surface area contributed by atoms with Crippen LogP contribution in [0.4, 0.5) is 0 Å². The Morgan fingerprint density at radius 1 is 1.26 bits per heavy atom. The van der Waals surface area contributed by atoms with E-state index in [1.165, 1.54) is 31.5 Å². The van der Waals surface area contributed by atoms with Gasteiger partial charge in [0.1, 0.15) is 6.54 Å². The summed E-state index contributed by atoms with van der Waals surface area (Å²) < 4.78 is 1.79. The summed E-state index contributed by atoms with van der Waals surface area (Å²) in [5, 5.41) is 7.35. The zero-order valence-corrected chi connectivity index (χ0v) is 12.2. The van der Waals surface area contributed by atoms with E-state index in [2.05, 4.69) is 15.3 Å². The van der Waals surface area contributed by atoms with E-state index in [4.69, 9.17) is 0 Å². The van der Waals surface area contributed by atoms with E-state index in [1.54, 1.807) is 4.68 Å². The van der Waals surface area contributed by atoms with Gasteiger partial charge < -0.3 is 10.2 Å². The van der Waals surface area contributed by atoms with E-state index < -0.39 is 0 Å². The number of carbonyl (C=O) groups is 1. The van der Waals surface area contributed by atoms with Crippen LogP contribution in [0.15, 0.2) is 0 Å². The minimum atomic E-state index is 0.0461. The molecular formula is C14H24N4O. The van der Waals surface area contributed by atoms with Crippen LogP contribution < -0.4 is 5.32 Å². The first-order valence-electron chi connectivity index (χ1n) is 7.07. The molecule has 106 valence electrons. The maximum absolute atomic E-state index is 11.9. The summed E-state index contributed by atoms with van der Waals surface area (Å²) >= 11 is 0. The van der Waals surface area contributed by atoms with Crippen LogP contribution in [0.1, 0.15) is 29.8 Å². The number of nitrogens with one attached hydrogen (secondary N) is 1. The monoisotopic (exact) mass is 264 g/mol. The van der Waals surface area contributed by atoms with Gasteiger partial charge in [-0.25, -0.2) is 0 Å². The molecule has 0 unspecified atom stereocenters. The summed E-state index contributed by atoms with van der Waals surface area (Å²) in [5.41, 5.74) is 3.25. The van der Waals surface area contributed by atoms with Gasteiger partial charge in [0.2, 0.25) is 5.91 Å². The maximum Gasteiger partial charge on any atom is 0.241 e. The van der Waals surface area contributed by atoms with Crippen molar-refractivity contribution in [2.45, 2.75) is 40.2 Å². The molecule has 2 heterocycles. The van der Waals surface area contributed by atoms with Crippen molar-refractivity contribution in [2.24, 2.45) is 0 Å². The second kappa shape index (κ2) is 6.19.